The molecule has 1 aromatic carbocycles. The number of aromatic nitrogens is 3. The van der Waals surface area contributed by atoms with E-state index in [-0.39, 0.29) is 30.0 Å². The molecule has 1 unspecified atom stereocenters. The molecule has 0 radical (unpaired) electrons. The van der Waals surface area contributed by atoms with E-state index in [1.54, 1.807) is 11.2 Å². The van der Waals surface area contributed by atoms with Gasteiger partial charge in [0, 0.05) is 19.0 Å². The van der Waals surface area contributed by atoms with Crippen LogP contribution in [0.15, 0.2) is 46.2 Å². The van der Waals surface area contributed by atoms with Crippen LogP contribution < -0.4 is 10.2 Å². The minimum Gasteiger partial charge on any atom is -0.469 e. The van der Waals surface area contributed by atoms with Crippen molar-refractivity contribution in [3.05, 3.63) is 42.4 Å². The maximum Gasteiger partial charge on any atom is 0.237 e. The SMILES string of the molecule is CCn1c(SCC(=O)N2c3ccccc3NC(=O)CC2C)nnc1-c1ccoc1C. The second-order valence-electron chi connectivity index (χ2n) is 7.11. The fourth-order valence-corrected chi connectivity index (χ4v) is 4.52. The van der Waals surface area contributed by atoms with Gasteiger partial charge in [0.1, 0.15) is 5.76 Å². The van der Waals surface area contributed by atoms with Crippen LogP contribution >= 0.6 is 11.8 Å². The third-order valence-corrected chi connectivity index (χ3v) is 6.04. The number of para-hydroxylation sites is 2. The van der Waals surface area contributed by atoms with Crippen LogP contribution in [0.5, 0.6) is 0 Å². The highest BCUT2D eigenvalue weighted by atomic mass is 32.2. The van der Waals surface area contributed by atoms with Gasteiger partial charge in [0.2, 0.25) is 11.8 Å². The predicted molar refractivity (Wildman–Crippen MR) is 115 cm³/mol. The van der Waals surface area contributed by atoms with Gasteiger partial charge in [-0.05, 0) is 39.0 Å². The van der Waals surface area contributed by atoms with Crippen LogP contribution in [0.25, 0.3) is 11.4 Å². The first-order chi connectivity index (χ1) is 14.5. The van der Waals surface area contributed by atoms with E-state index in [0.29, 0.717) is 23.1 Å². The summed E-state index contributed by atoms with van der Waals surface area (Å²) in [5, 5.41) is 12.2. The lowest BCUT2D eigenvalue weighted by Gasteiger charge is -2.27. The molecule has 3 heterocycles. The lowest BCUT2D eigenvalue weighted by molar-refractivity contribution is -0.117. The number of rotatable bonds is 5. The number of hydrogen-bond acceptors (Lipinski definition) is 6. The highest BCUT2D eigenvalue weighted by Gasteiger charge is 2.30. The smallest absolute Gasteiger partial charge is 0.237 e. The highest BCUT2D eigenvalue weighted by Crippen LogP contribution is 2.33. The van der Waals surface area contributed by atoms with Crippen LogP contribution in [0.1, 0.15) is 26.0 Å². The molecule has 1 aliphatic rings. The third-order valence-electron chi connectivity index (χ3n) is 5.09. The van der Waals surface area contributed by atoms with Crippen LogP contribution in [0.3, 0.4) is 0 Å². The molecule has 3 aromatic rings. The molecule has 2 aromatic heterocycles. The standard InChI is InChI=1S/C21H23N5O3S/c1-4-25-20(15-9-10-29-14(15)3)23-24-21(25)30-12-19(28)26-13(2)11-18(27)22-16-7-5-6-8-17(16)26/h5-10,13H,4,11-12H2,1-3H3,(H,22,27). The van der Waals surface area contributed by atoms with E-state index < -0.39 is 0 Å². The van der Waals surface area contributed by atoms with Gasteiger partial charge < -0.3 is 19.2 Å². The van der Waals surface area contributed by atoms with E-state index in [2.05, 4.69) is 15.5 Å². The molecule has 0 fully saturated rings. The van der Waals surface area contributed by atoms with Crippen LogP contribution in [0.4, 0.5) is 11.4 Å². The van der Waals surface area contributed by atoms with Crippen molar-refractivity contribution in [2.75, 3.05) is 16.0 Å². The van der Waals surface area contributed by atoms with Gasteiger partial charge in [-0.15, -0.1) is 10.2 Å². The summed E-state index contributed by atoms with van der Waals surface area (Å²) in [6, 6.07) is 9.00. The molecular weight excluding hydrogens is 402 g/mol. The fraction of sp³-hybridized carbons (Fsp3) is 0.333. The van der Waals surface area contributed by atoms with E-state index in [9.17, 15) is 9.59 Å². The molecule has 1 atom stereocenters. The molecule has 0 aliphatic carbocycles. The number of nitrogens with one attached hydrogen (secondary N) is 1. The van der Waals surface area contributed by atoms with Crippen molar-refractivity contribution < 1.29 is 14.0 Å². The fourth-order valence-electron chi connectivity index (χ4n) is 3.66. The Morgan fingerprint density at radius 1 is 1.30 bits per heavy atom. The average Bonchev–Trinajstić information content (AvgIpc) is 3.29. The summed E-state index contributed by atoms with van der Waals surface area (Å²) in [5.74, 6) is 1.51. The molecule has 1 aliphatic heterocycles. The lowest BCUT2D eigenvalue weighted by atomic mass is 10.2. The van der Waals surface area contributed by atoms with Crippen molar-refractivity contribution in [1.82, 2.24) is 14.8 Å². The molecule has 0 spiro atoms. The van der Waals surface area contributed by atoms with Gasteiger partial charge in [-0.25, -0.2) is 0 Å². The summed E-state index contributed by atoms with van der Waals surface area (Å²) in [6.07, 6.45) is 1.88. The molecule has 0 bridgehead atoms. The molecule has 4 rings (SSSR count). The third kappa shape index (κ3) is 3.72. The van der Waals surface area contributed by atoms with Crippen LogP contribution in [0.2, 0.25) is 0 Å². The van der Waals surface area contributed by atoms with Crippen molar-refractivity contribution in [3.63, 3.8) is 0 Å². The Morgan fingerprint density at radius 2 is 2.10 bits per heavy atom. The van der Waals surface area contributed by atoms with Crippen molar-refractivity contribution in [1.29, 1.82) is 0 Å². The second kappa shape index (κ2) is 8.35. The Bertz CT molecular complexity index is 1090. The monoisotopic (exact) mass is 425 g/mol. The molecule has 30 heavy (non-hydrogen) atoms. The van der Waals surface area contributed by atoms with E-state index in [4.69, 9.17) is 4.42 Å². The van der Waals surface area contributed by atoms with Crippen LogP contribution in [-0.2, 0) is 16.1 Å². The minimum absolute atomic E-state index is 0.0804. The second-order valence-corrected chi connectivity index (χ2v) is 8.05. The summed E-state index contributed by atoms with van der Waals surface area (Å²) >= 11 is 1.34. The molecular formula is C21H23N5O3S. The van der Waals surface area contributed by atoms with Gasteiger partial charge in [0.25, 0.3) is 0 Å². The molecule has 0 saturated heterocycles. The van der Waals surface area contributed by atoms with Gasteiger partial charge in [-0.1, -0.05) is 23.9 Å². The highest BCUT2D eigenvalue weighted by molar-refractivity contribution is 7.99. The van der Waals surface area contributed by atoms with Gasteiger partial charge in [-0.3, -0.25) is 9.59 Å². The largest absolute Gasteiger partial charge is 0.469 e. The normalized spacial score (nSPS) is 16.2. The Kier molecular flexibility index (Phi) is 5.63. The number of nitrogens with zero attached hydrogens (tertiary/aromatic N) is 4. The molecule has 8 nitrogen and oxygen atoms in total. The number of hydrogen-bond donors (Lipinski definition) is 1. The zero-order chi connectivity index (χ0) is 21.3. The summed E-state index contributed by atoms with van der Waals surface area (Å²) in [6.45, 7) is 6.45. The van der Waals surface area contributed by atoms with Gasteiger partial charge >= 0.3 is 0 Å². The Labute approximate surface area is 178 Å². The lowest BCUT2D eigenvalue weighted by Crippen LogP contribution is -2.40. The number of benzene rings is 1. The van der Waals surface area contributed by atoms with Crippen LogP contribution in [-0.4, -0.2) is 38.4 Å². The molecule has 9 heteroatoms. The summed E-state index contributed by atoms with van der Waals surface area (Å²) in [5.41, 5.74) is 2.26. The number of carbonyl (C=O) groups excluding carboxylic acids is 2. The van der Waals surface area contributed by atoms with Gasteiger partial charge in [-0.2, -0.15) is 0 Å². The number of fused-ring (bicyclic) bond motifs is 1. The summed E-state index contributed by atoms with van der Waals surface area (Å²) in [4.78, 5) is 27.0. The van der Waals surface area contributed by atoms with Crippen molar-refractivity contribution in [2.24, 2.45) is 0 Å². The molecule has 1 N–H and O–H groups in total. The van der Waals surface area contributed by atoms with E-state index >= 15 is 0 Å². The first-order valence-electron chi connectivity index (χ1n) is 9.81. The van der Waals surface area contributed by atoms with Gasteiger partial charge in [0.05, 0.1) is 29.0 Å². The molecule has 0 saturated carbocycles. The Balaban J connectivity index is 1.56. The number of furan rings is 1. The van der Waals surface area contributed by atoms with Crippen LogP contribution in [0, 0.1) is 6.92 Å². The van der Waals surface area contributed by atoms with E-state index in [1.165, 1.54) is 11.8 Å². The summed E-state index contributed by atoms with van der Waals surface area (Å²) < 4.78 is 7.36. The Hall–Kier alpha value is -3.07. The average molecular weight is 426 g/mol. The van der Waals surface area contributed by atoms with Crippen molar-refractivity contribution >= 4 is 35.0 Å². The van der Waals surface area contributed by atoms with Gasteiger partial charge in [0.15, 0.2) is 11.0 Å². The number of anilines is 2. The van der Waals surface area contributed by atoms with Crippen molar-refractivity contribution in [3.8, 4) is 11.4 Å². The minimum atomic E-state index is -0.241. The zero-order valence-corrected chi connectivity index (χ0v) is 17.9. The number of thioether (sulfide) groups is 1. The first-order valence-corrected chi connectivity index (χ1v) is 10.8. The Morgan fingerprint density at radius 3 is 2.83 bits per heavy atom. The number of amides is 2. The predicted octanol–water partition coefficient (Wildman–Crippen LogP) is 3.72. The van der Waals surface area contributed by atoms with E-state index in [1.807, 2.05) is 55.7 Å². The maximum absolute atomic E-state index is 13.2. The summed E-state index contributed by atoms with van der Waals surface area (Å²) in [7, 11) is 0. The zero-order valence-electron chi connectivity index (χ0n) is 17.1. The number of carbonyl (C=O) groups is 2. The first kappa shape index (κ1) is 20.2. The quantitative estimate of drug-likeness (QED) is 0.626. The number of aryl methyl sites for hydroxylation is 1. The van der Waals surface area contributed by atoms with Crippen molar-refractivity contribution in [2.45, 2.75) is 44.9 Å². The molecule has 156 valence electrons. The topological polar surface area (TPSA) is 93.3 Å². The molecule has 2 amide bonds. The van der Waals surface area contributed by atoms with E-state index in [0.717, 1.165) is 17.1 Å². The maximum atomic E-state index is 13.2.